The van der Waals surface area contributed by atoms with E-state index in [0.29, 0.717) is 38.7 Å². The van der Waals surface area contributed by atoms with Crippen LogP contribution >= 0.6 is 0 Å². The molecule has 0 spiro atoms. The summed E-state index contributed by atoms with van der Waals surface area (Å²) in [6.45, 7) is 10.7. The molecule has 2 heterocycles. The minimum atomic E-state index is -0.252. The maximum Gasteiger partial charge on any atom is 0.409 e. The van der Waals surface area contributed by atoms with Crippen molar-refractivity contribution >= 4 is 17.9 Å². The number of aromatic nitrogens is 3. The largest absolute Gasteiger partial charge is 0.450 e. The highest BCUT2D eigenvalue weighted by Crippen LogP contribution is 2.15. The SMILES string of the molecule is CCOC(=O)N1CCN(c2nncc(N(CC)CC)n2)CC1. The van der Waals surface area contributed by atoms with Gasteiger partial charge in [0.25, 0.3) is 0 Å². The van der Waals surface area contributed by atoms with E-state index in [1.165, 1.54) is 0 Å². The van der Waals surface area contributed by atoms with Gasteiger partial charge in [0.2, 0.25) is 5.95 Å². The Hall–Kier alpha value is -2.12. The predicted octanol–water partition coefficient (Wildman–Crippen LogP) is 0.996. The highest BCUT2D eigenvalue weighted by molar-refractivity contribution is 5.68. The van der Waals surface area contributed by atoms with Gasteiger partial charge in [0.15, 0.2) is 5.82 Å². The van der Waals surface area contributed by atoms with Gasteiger partial charge in [0.1, 0.15) is 0 Å². The molecule has 1 aliphatic heterocycles. The van der Waals surface area contributed by atoms with Gasteiger partial charge in [-0.2, -0.15) is 10.1 Å². The van der Waals surface area contributed by atoms with Crippen LogP contribution in [-0.2, 0) is 4.74 Å². The second-order valence-corrected chi connectivity index (χ2v) is 4.96. The van der Waals surface area contributed by atoms with Crippen molar-refractivity contribution in [3.8, 4) is 0 Å². The van der Waals surface area contributed by atoms with E-state index in [1.807, 2.05) is 6.92 Å². The van der Waals surface area contributed by atoms with E-state index < -0.39 is 0 Å². The molecule has 2 rings (SSSR count). The number of hydrogen-bond donors (Lipinski definition) is 0. The number of hydrogen-bond acceptors (Lipinski definition) is 7. The summed E-state index contributed by atoms with van der Waals surface area (Å²) < 4.78 is 5.02. The summed E-state index contributed by atoms with van der Waals surface area (Å²) in [7, 11) is 0. The van der Waals surface area contributed by atoms with Gasteiger partial charge in [0.05, 0.1) is 12.8 Å². The first-order valence-electron chi connectivity index (χ1n) is 7.80. The Bertz CT molecular complexity index is 486. The molecule has 0 radical (unpaired) electrons. The van der Waals surface area contributed by atoms with Gasteiger partial charge in [-0.3, -0.25) is 0 Å². The molecule has 1 saturated heterocycles. The van der Waals surface area contributed by atoms with Crippen LogP contribution in [0.5, 0.6) is 0 Å². The normalized spacial score (nSPS) is 14.9. The molecule has 0 saturated carbocycles. The Morgan fingerprint density at radius 2 is 1.91 bits per heavy atom. The van der Waals surface area contributed by atoms with Gasteiger partial charge in [0, 0.05) is 39.3 Å². The molecular weight excluding hydrogens is 284 g/mol. The predicted molar refractivity (Wildman–Crippen MR) is 84.2 cm³/mol. The summed E-state index contributed by atoms with van der Waals surface area (Å²) in [6.07, 6.45) is 1.43. The molecule has 0 aromatic carbocycles. The summed E-state index contributed by atoms with van der Waals surface area (Å²) in [4.78, 5) is 22.2. The van der Waals surface area contributed by atoms with E-state index in [1.54, 1.807) is 11.1 Å². The lowest BCUT2D eigenvalue weighted by Gasteiger charge is -2.34. The Morgan fingerprint density at radius 1 is 1.23 bits per heavy atom. The monoisotopic (exact) mass is 308 g/mol. The summed E-state index contributed by atoms with van der Waals surface area (Å²) in [5.41, 5.74) is 0. The molecule has 1 aromatic heterocycles. The van der Waals surface area contributed by atoms with Crippen molar-refractivity contribution in [2.45, 2.75) is 20.8 Å². The van der Waals surface area contributed by atoms with Crippen LogP contribution in [0, 0.1) is 0 Å². The number of nitrogens with zero attached hydrogens (tertiary/aromatic N) is 6. The van der Waals surface area contributed by atoms with Crippen molar-refractivity contribution < 1.29 is 9.53 Å². The van der Waals surface area contributed by atoms with Crippen LogP contribution in [0.25, 0.3) is 0 Å². The quantitative estimate of drug-likeness (QED) is 0.803. The Morgan fingerprint density at radius 3 is 2.50 bits per heavy atom. The first-order chi connectivity index (χ1) is 10.7. The third kappa shape index (κ3) is 3.75. The van der Waals surface area contributed by atoms with Crippen LogP contribution in [0.4, 0.5) is 16.6 Å². The fourth-order valence-corrected chi connectivity index (χ4v) is 2.42. The Balaban J connectivity index is 1.99. The zero-order valence-electron chi connectivity index (χ0n) is 13.5. The number of rotatable bonds is 5. The number of piperazine rings is 1. The smallest absolute Gasteiger partial charge is 0.409 e. The van der Waals surface area contributed by atoms with E-state index in [9.17, 15) is 4.79 Å². The molecule has 8 heteroatoms. The average Bonchev–Trinajstić information content (AvgIpc) is 2.57. The van der Waals surface area contributed by atoms with Gasteiger partial charge in [-0.1, -0.05) is 0 Å². The van der Waals surface area contributed by atoms with Gasteiger partial charge >= 0.3 is 6.09 Å². The number of ether oxygens (including phenoxy) is 1. The highest BCUT2D eigenvalue weighted by atomic mass is 16.6. The molecular formula is C14H24N6O2. The lowest BCUT2D eigenvalue weighted by Crippen LogP contribution is -2.49. The van der Waals surface area contributed by atoms with E-state index in [2.05, 4.69) is 38.8 Å². The summed E-state index contributed by atoms with van der Waals surface area (Å²) in [6, 6.07) is 0. The van der Waals surface area contributed by atoms with E-state index >= 15 is 0 Å². The van der Waals surface area contributed by atoms with Gasteiger partial charge in [-0.15, -0.1) is 5.10 Å². The highest BCUT2D eigenvalue weighted by Gasteiger charge is 2.23. The minimum absolute atomic E-state index is 0.252. The van der Waals surface area contributed by atoms with Crippen molar-refractivity contribution in [2.24, 2.45) is 0 Å². The zero-order valence-corrected chi connectivity index (χ0v) is 13.5. The Kier molecular flexibility index (Phi) is 5.74. The molecule has 0 N–H and O–H groups in total. The fourth-order valence-electron chi connectivity index (χ4n) is 2.42. The molecule has 1 amide bonds. The molecule has 1 fully saturated rings. The molecule has 22 heavy (non-hydrogen) atoms. The van der Waals surface area contributed by atoms with Crippen molar-refractivity contribution in [2.75, 3.05) is 55.7 Å². The molecule has 0 unspecified atom stereocenters. The van der Waals surface area contributed by atoms with Gasteiger partial charge in [-0.25, -0.2) is 4.79 Å². The van der Waals surface area contributed by atoms with Crippen LogP contribution in [-0.4, -0.2) is 72.0 Å². The van der Waals surface area contributed by atoms with Crippen LogP contribution < -0.4 is 9.80 Å². The molecule has 8 nitrogen and oxygen atoms in total. The number of amides is 1. The first-order valence-corrected chi connectivity index (χ1v) is 7.80. The van der Waals surface area contributed by atoms with Crippen LogP contribution in [0.3, 0.4) is 0 Å². The van der Waals surface area contributed by atoms with Crippen molar-refractivity contribution in [1.29, 1.82) is 0 Å². The van der Waals surface area contributed by atoms with Gasteiger partial charge < -0.3 is 19.4 Å². The van der Waals surface area contributed by atoms with E-state index in [-0.39, 0.29) is 6.09 Å². The molecule has 1 aromatic rings. The molecule has 1 aliphatic rings. The third-order valence-corrected chi connectivity index (χ3v) is 3.71. The molecule has 0 aliphatic carbocycles. The maximum absolute atomic E-state index is 11.7. The standard InChI is InChI=1S/C14H24N6O2/c1-4-18(5-2)12-11-15-17-13(16-12)19-7-9-20(10-8-19)14(21)22-6-3/h11H,4-10H2,1-3H3. The van der Waals surface area contributed by atoms with Crippen molar-refractivity contribution in [3.05, 3.63) is 6.20 Å². The maximum atomic E-state index is 11.7. The van der Waals surface area contributed by atoms with E-state index in [4.69, 9.17) is 4.74 Å². The van der Waals surface area contributed by atoms with Gasteiger partial charge in [-0.05, 0) is 20.8 Å². The van der Waals surface area contributed by atoms with Crippen molar-refractivity contribution in [3.63, 3.8) is 0 Å². The van der Waals surface area contributed by atoms with Crippen molar-refractivity contribution in [1.82, 2.24) is 20.1 Å². The number of carbonyl (C=O) groups is 1. The fraction of sp³-hybridized carbons (Fsp3) is 0.714. The summed E-state index contributed by atoms with van der Waals surface area (Å²) in [5.74, 6) is 1.45. The second-order valence-electron chi connectivity index (χ2n) is 4.96. The van der Waals surface area contributed by atoms with Crippen LogP contribution in [0.2, 0.25) is 0 Å². The summed E-state index contributed by atoms with van der Waals surface area (Å²) in [5, 5.41) is 8.18. The topological polar surface area (TPSA) is 74.7 Å². The average molecular weight is 308 g/mol. The lowest BCUT2D eigenvalue weighted by molar-refractivity contribution is 0.105. The van der Waals surface area contributed by atoms with Crippen LogP contribution in [0.15, 0.2) is 6.20 Å². The van der Waals surface area contributed by atoms with E-state index in [0.717, 1.165) is 18.9 Å². The Labute approximate surface area is 131 Å². The minimum Gasteiger partial charge on any atom is -0.450 e. The number of anilines is 2. The molecule has 0 bridgehead atoms. The van der Waals surface area contributed by atoms with Crippen LogP contribution in [0.1, 0.15) is 20.8 Å². The summed E-state index contributed by atoms with van der Waals surface area (Å²) >= 11 is 0. The second kappa shape index (κ2) is 7.77. The molecule has 0 atom stereocenters. The lowest BCUT2D eigenvalue weighted by atomic mass is 10.3. The molecule has 122 valence electrons. The zero-order chi connectivity index (χ0) is 15.9. The first kappa shape index (κ1) is 16.3. The number of carbonyl (C=O) groups excluding carboxylic acids is 1. The third-order valence-electron chi connectivity index (χ3n) is 3.71.